The molecule has 4 rings (SSSR count). The van der Waals surface area contributed by atoms with Crippen molar-refractivity contribution in [1.82, 2.24) is 0 Å². The van der Waals surface area contributed by atoms with Crippen molar-refractivity contribution in [2.24, 2.45) is 0 Å². The second-order valence-electron chi connectivity index (χ2n) is 8.22. The van der Waals surface area contributed by atoms with Gasteiger partial charge in [-0.1, -0.05) is 35.9 Å². The van der Waals surface area contributed by atoms with E-state index in [0.29, 0.717) is 16.3 Å². The Kier molecular flexibility index (Phi) is 6.75. The summed E-state index contributed by atoms with van der Waals surface area (Å²) in [5.74, 6) is -1.60. The Bertz CT molecular complexity index is 1250. The van der Waals surface area contributed by atoms with Crippen LogP contribution in [0.3, 0.4) is 0 Å². The Morgan fingerprint density at radius 1 is 0.941 bits per heavy atom. The van der Waals surface area contributed by atoms with Crippen molar-refractivity contribution in [3.8, 4) is 0 Å². The fourth-order valence-corrected chi connectivity index (χ4v) is 4.59. The van der Waals surface area contributed by atoms with Crippen molar-refractivity contribution in [2.45, 2.75) is 26.8 Å². The van der Waals surface area contributed by atoms with Gasteiger partial charge in [-0.3, -0.25) is 14.5 Å². The SMILES string of the molecule is CCN(CC)c1ccc(N2C(=O)C(=O)/C(=C(/O)c3ccc(Cl)cc3)C2c2ccccc2C)cc1. The van der Waals surface area contributed by atoms with Crippen LogP contribution in [0.4, 0.5) is 11.4 Å². The van der Waals surface area contributed by atoms with Crippen LogP contribution >= 0.6 is 11.6 Å². The van der Waals surface area contributed by atoms with Gasteiger partial charge in [0.15, 0.2) is 0 Å². The van der Waals surface area contributed by atoms with E-state index in [-0.39, 0.29) is 11.3 Å². The predicted molar refractivity (Wildman–Crippen MR) is 137 cm³/mol. The van der Waals surface area contributed by atoms with Crippen LogP contribution in [-0.2, 0) is 9.59 Å². The summed E-state index contributed by atoms with van der Waals surface area (Å²) in [6.07, 6.45) is 0. The lowest BCUT2D eigenvalue weighted by atomic mass is 9.92. The maximum atomic E-state index is 13.3. The molecular weight excluding hydrogens is 448 g/mol. The average Bonchev–Trinajstić information content (AvgIpc) is 3.11. The summed E-state index contributed by atoms with van der Waals surface area (Å²) in [6, 6.07) is 21.0. The number of hydrogen-bond acceptors (Lipinski definition) is 4. The highest BCUT2D eigenvalue weighted by Crippen LogP contribution is 2.43. The monoisotopic (exact) mass is 474 g/mol. The van der Waals surface area contributed by atoms with Crippen LogP contribution in [-0.4, -0.2) is 29.9 Å². The molecule has 1 N–H and O–H groups in total. The number of halogens is 1. The van der Waals surface area contributed by atoms with Gasteiger partial charge in [0, 0.05) is 35.1 Å². The lowest BCUT2D eigenvalue weighted by Crippen LogP contribution is -2.30. The molecule has 34 heavy (non-hydrogen) atoms. The number of benzene rings is 3. The summed E-state index contributed by atoms with van der Waals surface area (Å²) in [4.78, 5) is 30.3. The maximum Gasteiger partial charge on any atom is 0.300 e. The molecule has 6 heteroatoms. The third-order valence-electron chi connectivity index (χ3n) is 6.30. The second-order valence-corrected chi connectivity index (χ2v) is 8.66. The Labute approximate surface area is 204 Å². The smallest absolute Gasteiger partial charge is 0.300 e. The van der Waals surface area contributed by atoms with E-state index in [4.69, 9.17) is 11.6 Å². The van der Waals surface area contributed by atoms with Crippen molar-refractivity contribution in [3.05, 3.63) is 100 Å². The molecule has 0 radical (unpaired) electrons. The Morgan fingerprint density at radius 2 is 1.56 bits per heavy atom. The zero-order chi connectivity index (χ0) is 24.4. The summed E-state index contributed by atoms with van der Waals surface area (Å²) in [5.41, 5.74) is 3.83. The van der Waals surface area contributed by atoms with Gasteiger partial charge in [-0.25, -0.2) is 0 Å². The van der Waals surface area contributed by atoms with Crippen LogP contribution < -0.4 is 9.80 Å². The van der Waals surface area contributed by atoms with E-state index in [9.17, 15) is 14.7 Å². The number of nitrogens with zero attached hydrogens (tertiary/aromatic N) is 2. The lowest BCUT2D eigenvalue weighted by Gasteiger charge is -2.27. The van der Waals surface area contributed by atoms with Crippen LogP contribution in [0.5, 0.6) is 0 Å². The van der Waals surface area contributed by atoms with Crippen LogP contribution in [0, 0.1) is 6.92 Å². The number of aryl methyl sites for hydroxylation is 1. The van der Waals surface area contributed by atoms with Crippen molar-refractivity contribution >= 4 is 40.4 Å². The van der Waals surface area contributed by atoms with Crippen LogP contribution in [0.1, 0.15) is 36.6 Å². The van der Waals surface area contributed by atoms with Crippen molar-refractivity contribution in [2.75, 3.05) is 22.9 Å². The molecule has 1 aliphatic heterocycles. The van der Waals surface area contributed by atoms with Crippen LogP contribution in [0.2, 0.25) is 5.02 Å². The zero-order valence-electron chi connectivity index (χ0n) is 19.5. The zero-order valence-corrected chi connectivity index (χ0v) is 20.2. The highest BCUT2D eigenvalue weighted by atomic mass is 35.5. The fourth-order valence-electron chi connectivity index (χ4n) is 4.46. The molecule has 1 saturated heterocycles. The number of Topliss-reactive ketones (excluding diaryl/α,β-unsaturated/α-hetero) is 1. The van der Waals surface area contributed by atoms with E-state index in [2.05, 4.69) is 18.7 Å². The first-order chi connectivity index (χ1) is 16.4. The minimum Gasteiger partial charge on any atom is -0.507 e. The highest BCUT2D eigenvalue weighted by Gasteiger charge is 2.47. The first-order valence-electron chi connectivity index (χ1n) is 11.3. The van der Waals surface area contributed by atoms with E-state index < -0.39 is 17.7 Å². The second kappa shape index (κ2) is 9.74. The van der Waals surface area contributed by atoms with Crippen molar-refractivity contribution in [3.63, 3.8) is 0 Å². The molecule has 3 aromatic rings. The number of aliphatic hydroxyl groups is 1. The van der Waals surface area contributed by atoms with E-state index in [0.717, 1.165) is 29.9 Å². The molecule has 0 saturated carbocycles. The number of rotatable bonds is 6. The summed E-state index contributed by atoms with van der Waals surface area (Å²) < 4.78 is 0. The number of amides is 1. The molecule has 1 aliphatic rings. The summed E-state index contributed by atoms with van der Waals surface area (Å²) in [7, 11) is 0. The molecule has 0 spiro atoms. The van der Waals surface area contributed by atoms with E-state index in [1.165, 1.54) is 4.90 Å². The van der Waals surface area contributed by atoms with Crippen molar-refractivity contribution < 1.29 is 14.7 Å². The number of ketones is 1. The minimum atomic E-state index is -0.754. The summed E-state index contributed by atoms with van der Waals surface area (Å²) in [6.45, 7) is 7.84. The van der Waals surface area contributed by atoms with Crippen molar-refractivity contribution in [1.29, 1.82) is 0 Å². The predicted octanol–water partition coefficient (Wildman–Crippen LogP) is 6.12. The number of anilines is 2. The average molecular weight is 475 g/mol. The largest absolute Gasteiger partial charge is 0.507 e. The molecular formula is C28H27ClN2O3. The van der Waals surface area contributed by atoms with Gasteiger partial charge in [-0.2, -0.15) is 0 Å². The molecule has 1 fully saturated rings. The highest BCUT2D eigenvalue weighted by molar-refractivity contribution is 6.51. The number of carbonyl (C=O) groups is 2. The molecule has 3 aromatic carbocycles. The molecule has 1 amide bonds. The van der Waals surface area contributed by atoms with Crippen LogP contribution in [0.15, 0.2) is 78.4 Å². The topological polar surface area (TPSA) is 60.9 Å². The quantitative estimate of drug-likeness (QED) is 0.265. The van der Waals surface area contributed by atoms with E-state index >= 15 is 0 Å². The molecule has 0 bridgehead atoms. The first-order valence-corrected chi connectivity index (χ1v) is 11.7. The standard InChI is InChI=1S/C28H27ClN2O3/c1-4-30(5-2)21-14-16-22(17-15-21)31-25(23-9-7-6-8-18(23)3)24(27(33)28(31)34)26(32)19-10-12-20(29)13-11-19/h6-17,25,32H,4-5H2,1-3H3/b26-24+. The Balaban J connectivity index is 1.88. The Morgan fingerprint density at radius 3 is 2.15 bits per heavy atom. The third-order valence-corrected chi connectivity index (χ3v) is 6.55. The number of hydrogen-bond donors (Lipinski definition) is 1. The van der Waals surface area contributed by atoms with E-state index in [1.54, 1.807) is 24.3 Å². The molecule has 1 unspecified atom stereocenters. The minimum absolute atomic E-state index is 0.0643. The lowest BCUT2D eigenvalue weighted by molar-refractivity contribution is -0.132. The third kappa shape index (κ3) is 4.19. The first kappa shape index (κ1) is 23.6. The molecule has 1 heterocycles. The number of carbonyl (C=O) groups excluding carboxylic acids is 2. The van der Waals surface area contributed by atoms with Gasteiger partial charge in [0.05, 0.1) is 11.6 Å². The molecule has 0 aliphatic carbocycles. The maximum absolute atomic E-state index is 13.3. The molecule has 5 nitrogen and oxygen atoms in total. The molecule has 1 atom stereocenters. The summed E-state index contributed by atoms with van der Waals surface area (Å²) in [5, 5.41) is 11.7. The van der Waals surface area contributed by atoms with Gasteiger partial charge < -0.3 is 10.0 Å². The Hall–Kier alpha value is -3.57. The number of aliphatic hydroxyl groups excluding tert-OH is 1. The van der Waals surface area contributed by atoms with Gasteiger partial charge in [0.1, 0.15) is 5.76 Å². The molecule has 0 aromatic heterocycles. The fraction of sp³-hybridized carbons (Fsp3) is 0.214. The van der Waals surface area contributed by atoms with Gasteiger partial charge in [0.2, 0.25) is 0 Å². The van der Waals surface area contributed by atoms with E-state index in [1.807, 2.05) is 55.5 Å². The van der Waals surface area contributed by atoms with Gasteiger partial charge in [-0.05, 0) is 80.4 Å². The molecule has 174 valence electrons. The normalized spacial score (nSPS) is 17.3. The van der Waals surface area contributed by atoms with Gasteiger partial charge in [-0.15, -0.1) is 0 Å². The van der Waals surface area contributed by atoms with Crippen LogP contribution in [0.25, 0.3) is 5.76 Å². The summed E-state index contributed by atoms with van der Waals surface area (Å²) >= 11 is 6.00. The van der Waals surface area contributed by atoms with Gasteiger partial charge in [0.25, 0.3) is 11.7 Å². The van der Waals surface area contributed by atoms with Gasteiger partial charge >= 0.3 is 0 Å².